The molecule has 0 unspecified atom stereocenters. The molecule has 0 saturated heterocycles. The lowest BCUT2D eigenvalue weighted by Crippen LogP contribution is -1.96. The molecule has 4 nitrogen and oxygen atoms in total. The van der Waals surface area contributed by atoms with E-state index in [1.165, 1.54) is 0 Å². The Balaban J connectivity index is 1.87. The summed E-state index contributed by atoms with van der Waals surface area (Å²) in [6, 6.07) is 15.6. The van der Waals surface area contributed by atoms with Gasteiger partial charge >= 0.3 is 0 Å². The van der Waals surface area contributed by atoms with E-state index in [1.807, 2.05) is 37.3 Å². The van der Waals surface area contributed by atoms with Crippen molar-refractivity contribution in [2.75, 3.05) is 5.32 Å². The summed E-state index contributed by atoms with van der Waals surface area (Å²) in [7, 11) is 0. The Morgan fingerprint density at radius 2 is 1.88 bits per heavy atom. The van der Waals surface area contributed by atoms with Gasteiger partial charge in [0.1, 0.15) is 22.7 Å². The number of hydrogen-bond acceptors (Lipinski definition) is 5. The zero-order valence-corrected chi connectivity index (χ0v) is 13.8. The third-order valence-corrected chi connectivity index (χ3v) is 4.75. The number of aromatic nitrogens is 2. The van der Waals surface area contributed by atoms with E-state index in [2.05, 4.69) is 32.8 Å². The van der Waals surface area contributed by atoms with E-state index in [0.29, 0.717) is 11.5 Å². The smallest absolute Gasteiger partial charge is 0.143 e. The molecule has 2 heterocycles. The lowest BCUT2D eigenvalue weighted by atomic mass is 10.1. The lowest BCUT2D eigenvalue weighted by Gasteiger charge is -2.10. The van der Waals surface area contributed by atoms with Crippen LogP contribution in [0, 0.1) is 6.92 Å². The van der Waals surface area contributed by atoms with Gasteiger partial charge in [-0.15, -0.1) is 11.3 Å². The highest BCUT2D eigenvalue weighted by atomic mass is 32.1. The fourth-order valence-corrected chi connectivity index (χ4v) is 3.59. The van der Waals surface area contributed by atoms with Gasteiger partial charge in [0.2, 0.25) is 0 Å². The summed E-state index contributed by atoms with van der Waals surface area (Å²) in [4.78, 5) is 9.69. The second-order valence-corrected chi connectivity index (χ2v) is 6.42. The summed E-state index contributed by atoms with van der Waals surface area (Å²) in [6.45, 7) is 1.99. The molecule has 4 aromatic rings. The van der Waals surface area contributed by atoms with Crippen LogP contribution in [-0.4, -0.2) is 15.1 Å². The number of fused-ring (bicyclic) bond motifs is 1. The minimum Gasteiger partial charge on any atom is -0.506 e. The van der Waals surface area contributed by atoms with Gasteiger partial charge in [-0.2, -0.15) is 0 Å². The predicted octanol–water partition coefficient (Wildman–Crippen LogP) is 5.12. The van der Waals surface area contributed by atoms with Crippen LogP contribution in [0.5, 0.6) is 5.75 Å². The monoisotopic (exact) mass is 333 g/mol. The lowest BCUT2D eigenvalue weighted by molar-refractivity contribution is 0.477. The number of thiophene rings is 1. The fraction of sp³-hybridized carbons (Fsp3) is 0.0526. The summed E-state index contributed by atoms with van der Waals surface area (Å²) < 4.78 is 0. The van der Waals surface area contributed by atoms with Crippen molar-refractivity contribution in [2.45, 2.75) is 6.92 Å². The molecule has 5 heteroatoms. The van der Waals surface area contributed by atoms with E-state index in [1.54, 1.807) is 23.7 Å². The number of anilines is 2. The Labute approximate surface area is 143 Å². The van der Waals surface area contributed by atoms with Crippen LogP contribution in [0.2, 0.25) is 0 Å². The van der Waals surface area contributed by atoms with Crippen LogP contribution in [0.25, 0.3) is 21.3 Å². The average molecular weight is 333 g/mol. The molecule has 0 saturated carbocycles. The van der Waals surface area contributed by atoms with E-state index in [9.17, 15) is 5.11 Å². The number of rotatable bonds is 3. The van der Waals surface area contributed by atoms with Gasteiger partial charge in [-0.1, -0.05) is 36.4 Å². The molecule has 0 aliphatic heterocycles. The van der Waals surface area contributed by atoms with Crippen LogP contribution >= 0.6 is 11.3 Å². The first-order valence-electron chi connectivity index (χ1n) is 7.56. The molecule has 118 valence electrons. The number of nitrogens with one attached hydrogen (secondary N) is 1. The highest BCUT2D eigenvalue weighted by molar-refractivity contribution is 7.17. The van der Waals surface area contributed by atoms with Crippen molar-refractivity contribution >= 4 is 33.1 Å². The van der Waals surface area contributed by atoms with E-state index in [-0.39, 0.29) is 5.75 Å². The standard InChI is InChI=1S/C19H15N3OS/c1-12-7-8-16(23)15(9-12)22-18-17-14(13-5-3-2-4-6-13)10-24-19(17)21-11-20-18/h2-11,23H,1H3,(H,20,21,22). The largest absolute Gasteiger partial charge is 0.506 e. The zero-order chi connectivity index (χ0) is 16.5. The van der Waals surface area contributed by atoms with Crippen LogP contribution in [0.4, 0.5) is 11.5 Å². The van der Waals surface area contributed by atoms with Gasteiger partial charge in [0.15, 0.2) is 0 Å². The molecule has 0 spiro atoms. The SMILES string of the molecule is Cc1ccc(O)c(Nc2ncnc3scc(-c4ccccc4)c23)c1. The highest BCUT2D eigenvalue weighted by Gasteiger charge is 2.14. The molecule has 2 N–H and O–H groups in total. The molecule has 0 atom stereocenters. The van der Waals surface area contributed by atoms with Crippen LogP contribution in [0.15, 0.2) is 60.2 Å². The second kappa shape index (κ2) is 5.94. The van der Waals surface area contributed by atoms with Crippen LogP contribution in [0.1, 0.15) is 5.56 Å². The van der Waals surface area contributed by atoms with E-state index in [0.717, 1.165) is 26.9 Å². The first-order chi connectivity index (χ1) is 11.7. The molecule has 0 aliphatic carbocycles. The third-order valence-electron chi connectivity index (χ3n) is 3.86. The summed E-state index contributed by atoms with van der Waals surface area (Å²) in [5.74, 6) is 0.893. The molecule has 0 bridgehead atoms. The van der Waals surface area contributed by atoms with E-state index >= 15 is 0 Å². The topological polar surface area (TPSA) is 58.0 Å². The molecule has 2 aromatic carbocycles. The summed E-state index contributed by atoms with van der Waals surface area (Å²) in [5, 5.41) is 16.4. The second-order valence-electron chi connectivity index (χ2n) is 5.56. The van der Waals surface area contributed by atoms with Gasteiger partial charge in [0.05, 0.1) is 11.1 Å². The molecule has 0 aliphatic rings. The van der Waals surface area contributed by atoms with Gasteiger partial charge < -0.3 is 10.4 Å². The highest BCUT2D eigenvalue weighted by Crippen LogP contribution is 2.38. The van der Waals surface area contributed by atoms with Crippen molar-refractivity contribution in [1.29, 1.82) is 0 Å². The number of aromatic hydroxyl groups is 1. The van der Waals surface area contributed by atoms with Crippen molar-refractivity contribution < 1.29 is 5.11 Å². The zero-order valence-electron chi connectivity index (χ0n) is 13.0. The molecular weight excluding hydrogens is 318 g/mol. The van der Waals surface area contributed by atoms with Gasteiger partial charge in [0, 0.05) is 10.9 Å². The van der Waals surface area contributed by atoms with Crippen LogP contribution in [0.3, 0.4) is 0 Å². The number of hydrogen-bond donors (Lipinski definition) is 2. The van der Waals surface area contributed by atoms with Crippen LogP contribution in [-0.2, 0) is 0 Å². The number of aryl methyl sites for hydroxylation is 1. The van der Waals surface area contributed by atoms with Gasteiger partial charge in [-0.3, -0.25) is 0 Å². The minimum atomic E-state index is 0.198. The molecule has 0 radical (unpaired) electrons. The first kappa shape index (κ1) is 14.7. The molecule has 4 rings (SSSR count). The van der Waals surface area contributed by atoms with E-state index < -0.39 is 0 Å². The van der Waals surface area contributed by atoms with Crippen molar-refractivity contribution in [1.82, 2.24) is 9.97 Å². The summed E-state index contributed by atoms with van der Waals surface area (Å²) >= 11 is 1.59. The van der Waals surface area contributed by atoms with Crippen molar-refractivity contribution in [3.05, 3.63) is 65.8 Å². The first-order valence-corrected chi connectivity index (χ1v) is 8.44. The fourth-order valence-electron chi connectivity index (χ4n) is 2.68. The Morgan fingerprint density at radius 3 is 2.71 bits per heavy atom. The quantitative estimate of drug-likeness (QED) is 0.511. The third kappa shape index (κ3) is 2.59. The van der Waals surface area contributed by atoms with Gasteiger partial charge in [0.25, 0.3) is 0 Å². The Morgan fingerprint density at radius 1 is 1.04 bits per heavy atom. The number of phenolic OH excluding ortho intramolecular Hbond substituents is 1. The molecule has 2 aromatic heterocycles. The van der Waals surface area contributed by atoms with Crippen LogP contribution < -0.4 is 5.32 Å². The van der Waals surface area contributed by atoms with Gasteiger partial charge in [-0.25, -0.2) is 9.97 Å². The average Bonchev–Trinajstić information content (AvgIpc) is 3.04. The molecule has 0 amide bonds. The number of phenols is 1. The van der Waals surface area contributed by atoms with Crippen molar-refractivity contribution in [3.63, 3.8) is 0 Å². The van der Waals surface area contributed by atoms with Crippen molar-refractivity contribution in [2.24, 2.45) is 0 Å². The minimum absolute atomic E-state index is 0.198. The maximum absolute atomic E-state index is 10.1. The number of nitrogens with zero attached hydrogens (tertiary/aromatic N) is 2. The predicted molar refractivity (Wildman–Crippen MR) is 99.0 cm³/mol. The van der Waals surface area contributed by atoms with Crippen molar-refractivity contribution in [3.8, 4) is 16.9 Å². The maximum atomic E-state index is 10.1. The summed E-state index contributed by atoms with van der Waals surface area (Å²) in [5.41, 5.74) is 3.91. The molecule has 24 heavy (non-hydrogen) atoms. The Hall–Kier alpha value is -2.92. The number of benzene rings is 2. The van der Waals surface area contributed by atoms with Gasteiger partial charge in [-0.05, 0) is 30.2 Å². The molecular formula is C19H15N3OS. The Bertz CT molecular complexity index is 1010. The van der Waals surface area contributed by atoms with E-state index in [4.69, 9.17) is 0 Å². The molecule has 0 fully saturated rings. The summed E-state index contributed by atoms with van der Waals surface area (Å²) in [6.07, 6.45) is 1.54. The normalized spacial score (nSPS) is 10.9. The Kier molecular flexibility index (Phi) is 3.63. The maximum Gasteiger partial charge on any atom is 0.143 e.